The lowest BCUT2D eigenvalue weighted by Gasteiger charge is -2.44. The average Bonchev–Trinajstić information content (AvgIpc) is 3.37. The van der Waals surface area contributed by atoms with Crippen molar-refractivity contribution < 1.29 is 13.9 Å². The molecular formula is C21H27FN4O2S. The molecule has 0 radical (unpaired) electrons. The summed E-state index contributed by atoms with van der Waals surface area (Å²) in [7, 11) is 0. The van der Waals surface area contributed by atoms with Crippen LogP contribution in [0.2, 0.25) is 0 Å². The van der Waals surface area contributed by atoms with E-state index in [1.165, 1.54) is 0 Å². The standard InChI is InChI=1S/C21H27FN4O2S/c1-2-28-14-7-10-26(11-14)17-4-3-15-19(24-29-20(15)18(17)22)21(27)23-16-12-25-8-5-13(16)6-9-25/h3-4,13-14,16H,2,5-12H2,1H3,(H,23,27)/t14-,16?/m0/s1. The number of hydrogen-bond acceptors (Lipinski definition) is 6. The molecule has 5 heterocycles. The lowest BCUT2D eigenvalue weighted by molar-refractivity contribution is 0.0619. The van der Waals surface area contributed by atoms with Gasteiger partial charge >= 0.3 is 0 Å². The van der Waals surface area contributed by atoms with Crippen molar-refractivity contribution in [1.29, 1.82) is 0 Å². The topological polar surface area (TPSA) is 57.7 Å². The van der Waals surface area contributed by atoms with Gasteiger partial charge in [-0.25, -0.2) is 4.39 Å². The first kappa shape index (κ1) is 19.2. The number of ether oxygens (including phenoxy) is 1. The first-order valence-corrected chi connectivity index (χ1v) is 11.4. The molecule has 156 valence electrons. The van der Waals surface area contributed by atoms with Crippen LogP contribution in [0.1, 0.15) is 36.7 Å². The molecule has 4 saturated heterocycles. The Bertz CT molecular complexity index is 911. The first-order valence-electron chi connectivity index (χ1n) is 10.6. The number of carbonyl (C=O) groups excluding carboxylic acids is 1. The van der Waals surface area contributed by atoms with Gasteiger partial charge in [-0.2, -0.15) is 4.37 Å². The summed E-state index contributed by atoms with van der Waals surface area (Å²) in [5, 5.41) is 3.78. The number of hydrogen-bond donors (Lipinski definition) is 1. The van der Waals surface area contributed by atoms with E-state index in [-0.39, 0.29) is 23.9 Å². The maximum absolute atomic E-state index is 15.2. The number of carbonyl (C=O) groups is 1. The fraction of sp³-hybridized carbons (Fsp3) is 0.619. The second kappa shape index (κ2) is 7.81. The van der Waals surface area contributed by atoms with E-state index in [2.05, 4.69) is 14.6 Å². The number of halogens is 1. The number of fused-ring (bicyclic) bond motifs is 4. The Labute approximate surface area is 174 Å². The molecule has 4 aliphatic heterocycles. The van der Waals surface area contributed by atoms with Gasteiger partial charge < -0.3 is 19.9 Å². The molecule has 1 amide bonds. The summed E-state index contributed by atoms with van der Waals surface area (Å²) >= 11 is 1.08. The van der Waals surface area contributed by atoms with E-state index in [9.17, 15) is 4.79 Å². The van der Waals surface area contributed by atoms with Gasteiger partial charge in [0.05, 0.1) is 16.5 Å². The fourth-order valence-electron chi connectivity index (χ4n) is 5.05. The van der Waals surface area contributed by atoms with Gasteiger partial charge in [-0.05, 0) is 68.9 Å². The molecular weight excluding hydrogens is 391 g/mol. The van der Waals surface area contributed by atoms with Gasteiger partial charge in [0.15, 0.2) is 5.82 Å². The van der Waals surface area contributed by atoms with Gasteiger partial charge in [0, 0.05) is 37.7 Å². The van der Waals surface area contributed by atoms with Crippen molar-refractivity contribution >= 4 is 33.2 Å². The van der Waals surface area contributed by atoms with Crippen molar-refractivity contribution in [3.63, 3.8) is 0 Å². The molecule has 1 aromatic carbocycles. The Hall–Kier alpha value is -1.77. The van der Waals surface area contributed by atoms with Crippen molar-refractivity contribution in [2.24, 2.45) is 5.92 Å². The third-order valence-electron chi connectivity index (χ3n) is 6.64. The monoisotopic (exact) mass is 418 g/mol. The van der Waals surface area contributed by atoms with E-state index in [0.29, 0.717) is 40.5 Å². The van der Waals surface area contributed by atoms with Gasteiger partial charge in [0.25, 0.3) is 5.91 Å². The molecule has 1 N–H and O–H groups in total. The molecule has 0 saturated carbocycles. The SMILES string of the molecule is CCO[C@H]1CCN(c2ccc3c(C(=O)NC4CN5CCC4CC5)nsc3c2F)C1. The van der Waals surface area contributed by atoms with Gasteiger partial charge in [-0.3, -0.25) is 4.79 Å². The summed E-state index contributed by atoms with van der Waals surface area (Å²) in [6.45, 7) is 7.30. The Balaban J connectivity index is 1.35. The van der Waals surface area contributed by atoms with Crippen LogP contribution in [-0.4, -0.2) is 66.7 Å². The predicted molar refractivity (Wildman–Crippen MR) is 112 cm³/mol. The molecule has 29 heavy (non-hydrogen) atoms. The van der Waals surface area contributed by atoms with E-state index < -0.39 is 0 Å². The molecule has 4 fully saturated rings. The number of piperidine rings is 3. The minimum Gasteiger partial charge on any atom is -0.377 e. The van der Waals surface area contributed by atoms with Gasteiger partial charge in [-0.1, -0.05) is 0 Å². The third kappa shape index (κ3) is 3.51. The number of anilines is 1. The molecule has 2 atom stereocenters. The Morgan fingerprint density at radius 3 is 2.83 bits per heavy atom. The summed E-state index contributed by atoms with van der Waals surface area (Å²) in [6, 6.07) is 3.80. The summed E-state index contributed by atoms with van der Waals surface area (Å²) < 4.78 is 25.7. The van der Waals surface area contributed by atoms with E-state index >= 15 is 4.39 Å². The van der Waals surface area contributed by atoms with Crippen LogP contribution in [0, 0.1) is 11.7 Å². The van der Waals surface area contributed by atoms with E-state index in [1.54, 1.807) is 6.07 Å². The fourth-order valence-corrected chi connectivity index (χ4v) is 5.87. The minimum atomic E-state index is -0.279. The zero-order valence-electron chi connectivity index (χ0n) is 16.7. The van der Waals surface area contributed by atoms with Crippen molar-refractivity contribution in [1.82, 2.24) is 14.6 Å². The summed E-state index contributed by atoms with van der Waals surface area (Å²) in [6.07, 6.45) is 3.33. The molecule has 6 rings (SSSR count). The highest BCUT2D eigenvalue weighted by Crippen LogP contribution is 2.34. The molecule has 1 aromatic heterocycles. The molecule has 1 unspecified atom stereocenters. The van der Waals surface area contributed by atoms with Crippen molar-refractivity contribution in [2.45, 2.75) is 38.3 Å². The highest BCUT2D eigenvalue weighted by atomic mass is 32.1. The lowest BCUT2D eigenvalue weighted by atomic mass is 9.84. The highest BCUT2D eigenvalue weighted by Gasteiger charge is 2.35. The van der Waals surface area contributed by atoms with Crippen LogP contribution in [-0.2, 0) is 4.74 Å². The number of nitrogens with zero attached hydrogens (tertiary/aromatic N) is 3. The lowest BCUT2D eigenvalue weighted by Crippen LogP contribution is -2.57. The maximum atomic E-state index is 15.2. The summed E-state index contributed by atoms with van der Waals surface area (Å²) in [5.74, 6) is 0.0874. The largest absolute Gasteiger partial charge is 0.377 e. The molecule has 0 spiro atoms. The third-order valence-corrected chi connectivity index (χ3v) is 7.49. The quantitative estimate of drug-likeness (QED) is 0.809. The second-order valence-electron chi connectivity index (χ2n) is 8.34. The van der Waals surface area contributed by atoms with Crippen LogP contribution in [0.4, 0.5) is 10.1 Å². The van der Waals surface area contributed by atoms with Crippen molar-refractivity contribution in [3.8, 4) is 0 Å². The normalized spacial score (nSPS) is 29.0. The van der Waals surface area contributed by atoms with Crippen LogP contribution >= 0.6 is 11.5 Å². The Kier molecular flexibility index (Phi) is 5.17. The second-order valence-corrected chi connectivity index (χ2v) is 9.11. The minimum absolute atomic E-state index is 0.152. The van der Waals surface area contributed by atoms with Crippen LogP contribution in [0.25, 0.3) is 10.1 Å². The number of nitrogens with one attached hydrogen (secondary N) is 1. The average molecular weight is 419 g/mol. The van der Waals surface area contributed by atoms with Crippen molar-refractivity contribution in [3.05, 3.63) is 23.6 Å². The number of benzene rings is 1. The van der Waals surface area contributed by atoms with Crippen LogP contribution in [0.5, 0.6) is 0 Å². The van der Waals surface area contributed by atoms with Crippen LogP contribution in [0.15, 0.2) is 12.1 Å². The summed E-state index contributed by atoms with van der Waals surface area (Å²) in [4.78, 5) is 17.3. The smallest absolute Gasteiger partial charge is 0.271 e. The zero-order chi connectivity index (χ0) is 20.0. The van der Waals surface area contributed by atoms with E-state index in [0.717, 1.165) is 57.0 Å². The summed E-state index contributed by atoms with van der Waals surface area (Å²) in [5.41, 5.74) is 0.924. The van der Waals surface area contributed by atoms with Crippen LogP contribution in [0.3, 0.4) is 0 Å². The molecule has 0 aliphatic carbocycles. The number of rotatable bonds is 5. The molecule has 2 bridgehead atoms. The maximum Gasteiger partial charge on any atom is 0.271 e. The Morgan fingerprint density at radius 1 is 1.28 bits per heavy atom. The van der Waals surface area contributed by atoms with E-state index in [4.69, 9.17) is 4.74 Å². The number of amides is 1. The number of aromatic nitrogens is 1. The predicted octanol–water partition coefficient (Wildman–Crippen LogP) is 2.87. The van der Waals surface area contributed by atoms with Crippen LogP contribution < -0.4 is 10.2 Å². The van der Waals surface area contributed by atoms with Gasteiger partial charge in [0.2, 0.25) is 0 Å². The van der Waals surface area contributed by atoms with Crippen molar-refractivity contribution in [2.75, 3.05) is 44.2 Å². The molecule has 8 heteroatoms. The van der Waals surface area contributed by atoms with E-state index in [1.807, 2.05) is 17.9 Å². The molecule has 4 aliphatic rings. The Morgan fingerprint density at radius 2 is 2.10 bits per heavy atom. The zero-order valence-corrected chi connectivity index (χ0v) is 17.5. The molecule has 2 aromatic rings. The van der Waals surface area contributed by atoms with Gasteiger partial charge in [0.1, 0.15) is 5.69 Å². The molecule has 6 nitrogen and oxygen atoms in total. The first-order chi connectivity index (χ1) is 14.1. The highest BCUT2D eigenvalue weighted by molar-refractivity contribution is 7.13. The van der Waals surface area contributed by atoms with Gasteiger partial charge in [-0.15, -0.1) is 0 Å².